The summed E-state index contributed by atoms with van der Waals surface area (Å²) in [7, 11) is 1.82. The Morgan fingerprint density at radius 2 is 2.06 bits per heavy atom. The van der Waals surface area contributed by atoms with Gasteiger partial charge in [-0.15, -0.1) is 0 Å². The molecule has 2 aromatic rings. The molecular weight excluding hydrogens is 219 g/mol. The zero-order valence-corrected chi connectivity index (χ0v) is 10.1. The lowest BCUT2D eigenvalue weighted by Crippen LogP contribution is -2.03. The van der Waals surface area contributed by atoms with Gasteiger partial charge in [0.05, 0.1) is 5.69 Å². The highest BCUT2D eigenvalue weighted by Crippen LogP contribution is 2.27. The quantitative estimate of drug-likeness (QED) is 0.865. The van der Waals surface area contributed by atoms with Crippen molar-refractivity contribution in [1.29, 1.82) is 0 Å². The van der Waals surface area contributed by atoms with Crippen LogP contribution < -0.4 is 0 Å². The van der Waals surface area contributed by atoms with E-state index >= 15 is 0 Å². The van der Waals surface area contributed by atoms with Gasteiger partial charge in [0.15, 0.2) is 0 Å². The van der Waals surface area contributed by atoms with Crippen LogP contribution in [-0.2, 0) is 7.05 Å². The molecule has 0 amide bonds. The normalized spacial score (nSPS) is 12.8. The molecule has 1 aromatic carbocycles. The fourth-order valence-corrected chi connectivity index (χ4v) is 2.03. The molecule has 0 saturated heterocycles. The van der Waals surface area contributed by atoms with Gasteiger partial charge in [-0.1, -0.05) is 12.1 Å². The highest BCUT2D eigenvalue weighted by atomic mass is 19.1. The standard InChI is InChI=1S/C13H15FN2O/c1-8-12(9(2)16(3)15-8)13(17)10-5-4-6-11(14)7-10/h4-7,13,17H,1-3H3. The monoisotopic (exact) mass is 234 g/mol. The topological polar surface area (TPSA) is 38.0 Å². The number of hydrogen-bond acceptors (Lipinski definition) is 2. The lowest BCUT2D eigenvalue weighted by atomic mass is 10.00. The van der Waals surface area contributed by atoms with Crippen LogP contribution in [0, 0.1) is 19.7 Å². The molecule has 4 heteroatoms. The SMILES string of the molecule is Cc1nn(C)c(C)c1C(O)c1cccc(F)c1. The Morgan fingerprint density at radius 1 is 1.35 bits per heavy atom. The van der Waals surface area contributed by atoms with Crippen LogP contribution >= 0.6 is 0 Å². The summed E-state index contributed by atoms with van der Waals surface area (Å²) in [5.41, 5.74) is 2.95. The van der Waals surface area contributed by atoms with Crippen LogP contribution in [0.25, 0.3) is 0 Å². The van der Waals surface area contributed by atoms with E-state index in [1.165, 1.54) is 12.1 Å². The van der Waals surface area contributed by atoms with Crippen LogP contribution in [0.3, 0.4) is 0 Å². The Balaban J connectivity index is 2.47. The van der Waals surface area contributed by atoms with E-state index in [0.29, 0.717) is 5.56 Å². The molecule has 1 atom stereocenters. The van der Waals surface area contributed by atoms with Crippen LogP contribution in [0.2, 0.25) is 0 Å². The first-order valence-electron chi connectivity index (χ1n) is 5.44. The van der Waals surface area contributed by atoms with E-state index in [1.54, 1.807) is 16.8 Å². The third-order valence-corrected chi connectivity index (χ3v) is 3.00. The number of aliphatic hydroxyl groups excluding tert-OH is 1. The lowest BCUT2D eigenvalue weighted by molar-refractivity contribution is 0.218. The van der Waals surface area contributed by atoms with Gasteiger partial charge in [0.2, 0.25) is 0 Å². The van der Waals surface area contributed by atoms with Crippen LogP contribution in [0.5, 0.6) is 0 Å². The van der Waals surface area contributed by atoms with Gasteiger partial charge in [-0.25, -0.2) is 4.39 Å². The summed E-state index contributed by atoms with van der Waals surface area (Å²) in [6.45, 7) is 3.72. The average molecular weight is 234 g/mol. The molecule has 17 heavy (non-hydrogen) atoms. The Morgan fingerprint density at radius 3 is 2.59 bits per heavy atom. The maximum atomic E-state index is 13.1. The first-order valence-corrected chi connectivity index (χ1v) is 5.44. The maximum absolute atomic E-state index is 13.1. The summed E-state index contributed by atoms with van der Waals surface area (Å²) in [5, 5.41) is 14.5. The third-order valence-electron chi connectivity index (χ3n) is 3.00. The summed E-state index contributed by atoms with van der Waals surface area (Å²) in [6.07, 6.45) is -0.834. The van der Waals surface area contributed by atoms with E-state index in [2.05, 4.69) is 5.10 Å². The minimum Gasteiger partial charge on any atom is -0.384 e. The van der Waals surface area contributed by atoms with Crippen molar-refractivity contribution < 1.29 is 9.50 Å². The lowest BCUT2D eigenvalue weighted by Gasteiger charge is -2.12. The van der Waals surface area contributed by atoms with Gasteiger partial charge >= 0.3 is 0 Å². The second kappa shape index (κ2) is 4.30. The van der Waals surface area contributed by atoms with Gasteiger partial charge in [0, 0.05) is 18.3 Å². The Labute approximate surface area is 99.5 Å². The van der Waals surface area contributed by atoms with Crippen molar-refractivity contribution in [2.45, 2.75) is 20.0 Å². The highest BCUT2D eigenvalue weighted by Gasteiger charge is 2.19. The zero-order valence-electron chi connectivity index (χ0n) is 10.1. The van der Waals surface area contributed by atoms with Crippen LogP contribution in [-0.4, -0.2) is 14.9 Å². The van der Waals surface area contributed by atoms with E-state index < -0.39 is 6.10 Å². The number of rotatable bonds is 2. The minimum absolute atomic E-state index is 0.347. The van der Waals surface area contributed by atoms with E-state index in [1.807, 2.05) is 20.9 Å². The maximum Gasteiger partial charge on any atom is 0.123 e. The molecule has 1 unspecified atom stereocenters. The van der Waals surface area contributed by atoms with Gasteiger partial charge in [-0.3, -0.25) is 4.68 Å². The summed E-state index contributed by atoms with van der Waals surface area (Å²) in [5.74, 6) is -0.347. The van der Waals surface area contributed by atoms with Crippen molar-refractivity contribution in [3.63, 3.8) is 0 Å². The molecule has 90 valence electrons. The number of hydrogen-bond donors (Lipinski definition) is 1. The van der Waals surface area contributed by atoms with Crippen molar-refractivity contribution in [3.8, 4) is 0 Å². The highest BCUT2D eigenvalue weighted by molar-refractivity contribution is 5.35. The third kappa shape index (κ3) is 2.08. The van der Waals surface area contributed by atoms with Crippen LogP contribution in [0.15, 0.2) is 24.3 Å². The molecule has 0 fully saturated rings. The van der Waals surface area contributed by atoms with Gasteiger partial charge in [-0.05, 0) is 31.5 Å². The van der Waals surface area contributed by atoms with E-state index in [9.17, 15) is 9.50 Å². The van der Waals surface area contributed by atoms with Crippen molar-refractivity contribution >= 4 is 0 Å². The molecule has 0 bridgehead atoms. The largest absolute Gasteiger partial charge is 0.384 e. The van der Waals surface area contributed by atoms with E-state index in [0.717, 1.165) is 17.0 Å². The fraction of sp³-hybridized carbons (Fsp3) is 0.308. The second-order valence-corrected chi connectivity index (χ2v) is 4.17. The summed E-state index contributed by atoms with van der Waals surface area (Å²) < 4.78 is 14.8. The van der Waals surface area contributed by atoms with Crippen molar-refractivity contribution in [2.75, 3.05) is 0 Å². The smallest absolute Gasteiger partial charge is 0.123 e. The number of nitrogens with zero attached hydrogens (tertiary/aromatic N) is 2. The van der Waals surface area contributed by atoms with Gasteiger partial charge < -0.3 is 5.11 Å². The van der Waals surface area contributed by atoms with E-state index in [-0.39, 0.29) is 5.82 Å². The number of aryl methyl sites for hydroxylation is 2. The number of benzene rings is 1. The van der Waals surface area contributed by atoms with Crippen LogP contribution in [0.1, 0.15) is 28.6 Å². The van der Waals surface area contributed by atoms with E-state index in [4.69, 9.17) is 0 Å². The molecule has 0 aliphatic carbocycles. The predicted molar refractivity (Wildman–Crippen MR) is 63.1 cm³/mol. The fourth-order valence-electron chi connectivity index (χ4n) is 2.03. The summed E-state index contributed by atoms with van der Waals surface area (Å²) in [6, 6.07) is 6.00. The van der Waals surface area contributed by atoms with Gasteiger partial charge in [-0.2, -0.15) is 5.10 Å². The molecule has 1 heterocycles. The molecule has 0 spiro atoms. The molecule has 0 aliphatic heterocycles. The van der Waals surface area contributed by atoms with Crippen molar-refractivity contribution in [2.24, 2.45) is 7.05 Å². The number of aromatic nitrogens is 2. The zero-order chi connectivity index (χ0) is 12.6. The predicted octanol–water partition coefficient (Wildman–Crippen LogP) is 2.26. The Bertz CT molecular complexity index is 548. The Kier molecular flexibility index (Phi) is 2.98. The number of aliphatic hydroxyl groups is 1. The molecule has 0 saturated carbocycles. The molecule has 2 rings (SSSR count). The summed E-state index contributed by atoms with van der Waals surface area (Å²) >= 11 is 0. The molecule has 3 nitrogen and oxygen atoms in total. The average Bonchev–Trinajstić information content (AvgIpc) is 2.52. The first-order chi connectivity index (χ1) is 8.00. The molecule has 0 aliphatic rings. The summed E-state index contributed by atoms with van der Waals surface area (Å²) in [4.78, 5) is 0. The molecular formula is C13H15FN2O. The van der Waals surface area contributed by atoms with Crippen LogP contribution in [0.4, 0.5) is 4.39 Å². The Hall–Kier alpha value is -1.68. The van der Waals surface area contributed by atoms with Gasteiger partial charge in [0.1, 0.15) is 11.9 Å². The first kappa shape index (κ1) is 11.8. The molecule has 1 N–H and O–H groups in total. The molecule has 0 radical (unpaired) electrons. The van der Waals surface area contributed by atoms with Gasteiger partial charge in [0.25, 0.3) is 0 Å². The minimum atomic E-state index is -0.834. The second-order valence-electron chi connectivity index (χ2n) is 4.17. The molecule has 1 aromatic heterocycles. The number of halogens is 1. The van der Waals surface area contributed by atoms with Crippen molar-refractivity contribution in [3.05, 3.63) is 52.6 Å². The van der Waals surface area contributed by atoms with Crippen molar-refractivity contribution in [1.82, 2.24) is 9.78 Å².